The highest BCUT2D eigenvalue weighted by Gasteiger charge is 2.34. The van der Waals surface area contributed by atoms with E-state index in [1.54, 1.807) is 12.1 Å². The van der Waals surface area contributed by atoms with Gasteiger partial charge in [0.1, 0.15) is 4.99 Å². The van der Waals surface area contributed by atoms with Crippen molar-refractivity contribution in [1.29, 1.82) is 0 Å². The summed E-state index contributed by atoms with van der Waals surface area (Å²) in [6.45, 7) is 0.277. The monoisotopic (exact) mass is 300 g/mol. The quantitative estimate of drug-likeness (QED) is 0.790. The third-order valence-electron chi connectivity index (χ3n) is 3.26. The van der Waals surface area contributed by atoms with Gasteiger partial charge < -0.3 is 10.8 Å². The van der Waals surface area contributed by atoms with Gasteiger partial charge in [-0.1, -0.05) is 24.4 Å². The van der Waals surface area contributed by atoms with E-state index in [0.29, 0.717) is 18.5 Å². The number of benzene rings is 1. The number of aliphatic hydroxyl groups excluding tert-OH is 1. The van der Waals surface area contributed by atoms with Crippen molar-refractivity contribution in [2.75, 3.05) is 13.2 Å². The van der Waals surface area contributed by atoms with E-state index in [9.17, 15) is 13.5 Å². The van der Waals surface area contributed by atoms with Crippen molar-refractivity contribution < 1.29 is 13.5 Å². The molecular weight excluding hydrogens is 284 g/mol. The zero-order valence-electron chi connectivity index (χ0n) is 10.3. The van der Waals surface area contributed by atoms with E-state index in [1.165, 1.54) is 16.4 Å². The molecule has 0 spiro atoms. The maximum atomic E-state index is 12.5. The lowest BCUT2D eigenvalue weighted by Gasteiger charge is -2.22. The molecule has 1 aromatic carbocycles. The number of nitrogens with zero attached hydrogens (tertiary/aromatic N) is 1. The highest BCUT2D eigenvalue weighted by atomic mass is 32.2. The molecule has 3 N–H and O–H groups in total. The second kappa shape index (κ2) is 5.54. The van der Waals surface area contributed by atoms with Gasteiger partial charge in [-0.25, -0.2) is 8.42 Å². The summed E-state index contributed by atoms with van der Waals surface area (Å²) >= 11 is 4.85. The molecule has 1 aromatic rings. The van der Waals surface area contributed by atoms with Crippen LogP contribution >= 0.6 is 12.2 Å². The molecule has 0 saturated carbocycles. The van der Waals surface area contributed by atoms with Gasteiger partial charge in [-0.3, -0.25) is 0 Å². The van der Waals surface area contributed by atoms with E-state index in [2.05, 4.69) is 0 Å². The molecule has 1 saturated heterocycles. The maximum absolute atomic E-state index is 12.5. The summed E-state index contributed by atoms with van der Waals surface area (Å²) < 4.78 is 26.4. The molecule has 1 aliphatic rings. The molecule has 7 heteroatoms. The average Bonchev–Trinajstić information content (AvgIpc) is 2.88. The number of sulfonamides is 1. The van der Waals surface area contributed by atoms with E-state index in [4.69, 9.17) is 18.0 Å². The van der Waals surface area contributed by atoms with Gasteiger partial charge in [0, 0.05) is 18.2 Å². The summed E-state index contributed by atoms with van der Waals surface area (Å²) in [4.78, 5) is 0.329. The summed E-state index contributed by atoms with van der Waals surface area (Å²) in [6, 6.07) is 5.95. The number of thiocarbonyl (C=S) groups is 1. The molecule has 1 heterocycles. The average molecular weight is 300 g/mol. The summed E-state index contributed by atoms with van der Waals surface area (Å²) in [5, 5.41) is 9.24. The Balaban J connectivity index is 2.39. The highest BCUT2D eigenvalue weighted by molar-refractivity contribution is 7.89. The van der Waals surface area contributed by atoms with Crippen LogP contribution in [0.25, 0.3) is 0 Å². The lowest BCUT2D eigenvalue weighted by molar-refractivity contribution is 0.213. The smallest absolute Gasteiger partial charge is 0.243 e. The second-order valence-electron chi connectivity index (χ2n) is 4.49. The van der Waals surface area contributed by atoms with E-state index in [1.807, 2.05) is 0 Å². The Morgan fingerprint density at radius 3 is 2.89 bits per heavy atom. The van der Waals surface area contributed by atoms with Gasteiger partial charge in [-0.15, -0.1) is 0 Å². The van der Waals surface area contributed by atoms with Crippen molar-refractivity contribution in [3.63, 3.8) is 0 Å². The van der Waals surface area contributed by atoms with Crippen LogP contribution in [0.1, 0.15) is 18.4 Å². The summed E-state index contributed by atoms with van der Waals surface area (Å²) in [5.74, 6) is 0. The molecule has 1 fully saturated rings. The van der Waals surface area contributed by atoms with Crippen molar-refractivity contribution in [3.8, 4) is 0 Å². The largest absolute Gasteiger partial charge is 0.395 e. The summed E-state index contributed by atoms with van der Waals surface area (Å²) in [7, 11) is -3.60. The Bertz CT molecular complexity index is 586. The molecular formula is C12H16N2O3S2. The lowest BCUT2D eigenvalue weighted by Crippen LogP contribution is -2.37. The van der Waals surface area contributed by atoms with Gasteiger partial charge in [0.15, 0.2) is 0 Å². The SMILES string of the molecule is NC(=S)c1cccc(S(=O)(=O)N2CCCC2CO)c1. The van der Waals surface area contributed by atoms with Gasteiger partial charge in [0.25, 0.3) is 0 Å². The first-order chi connectivity index (χ1) is 8.96. The van der Waals surface area contributed by atoms with Crippen LogP contribution < -0.4 is 5.73 Å². The molecule has 1 unspecified atom stereocenters. The minimum absolute atomic E-state index is 0.159. The number of nitrogens with two attached hydrogens (primary N) is 1. The number of rotatable bonds is 4. The molecule has 1 atom stereocenters. The van der Waals surface area contributed by atoms with Crippen molar-refractivity contribution in [2.45, 2.75) is 23.8 Å². The number of aliphatic hydroxyl groups is 1. The molecule has 104 valence electrons. The third-order valence-corrected chi connectivity index (χ3v) is 5.44. The Hall–Kier alpha value is -1.02. The first kappa shape index (κ1) is 14.4. The van der Waals surface area contributed by atoms with Gasteiger partial charge in [-0.05, 0) is 25.0 Å². The van der Waals surface area contributed by atoms with Gasteiger partial charge in [0.05, 0.1) is 11.5 Å². The Morgan fingerprint density at radius 2 is 2.26 bits per heavy atom. The Kier molecular flexibility index (Phi) is 4.19. The van der Waals surface area contributed by atoms with Crippen LogP contribution in [0.5, 0.6) is 0 Å². The summed E-state index contributed by atoms with van der Waals surface area (Å²) in [6.07, 6.45) is 1.45. The van der Waals surface area contributed by atoms with Gasteiger partial charge in [0.2, 0.25) is 10.0 Å². The predicted octanol–water partition coefficient (Wildman–Crippen LogP) is 0.466. The van der Waals surface area contributed by atoms with Crippen LogP contribution in [0.3, 0.4) is 0 Å². The van der Waals surface area contributed by atoms with Crippen molar-refractivity contribution in [2.24, 2.45) is 5.73 Å². The zero-order chi connectivity index (χ0) is 14.0. The normalized spacial score (nSPS) is 20.6. The molecule has 2 rings (SSSR count). The van der Waals surface area contributed by atoms with Gasteiger partial charge >= 0.3 is 0 Å². The van der Waals surface area contributed by atoms with Crippen LogP contribution in [0.15, 0.2) is 29.2 Å². The van der Waals surface area contributed by atoms with Crippen molar-refractivity contribution >= 4 is 27.2 Å². The third kappa shape index (κ3) is 2.79. The van der Waals surface area contributed by atoms with Crippen molar-refractivity contribution in [1.82, 2.24) is 4.31 Å². The second-order valence-corrected chi connectivity index (χ2v) is 6.82. The molecule has 0 amide bonds. The molecule has 19 heavy (non-hydrogen) atoms. The van der Waals surface area contributed by atoms with E-state index in [-0.39, 0.29) is 22.5 Å². The number of hydrogen-bond donors (Lipinski definition) is 2. The maximum Gasteiger partial charge on any atom is 0.243 e. The lowest BCUT2D eigenvalue weighted by atomic mass is 10.2. The highest BCUT2D eigenvalue weighted by Crippen LogP contribution is 2.26. The Labute approximate surface area is 118 Å². The molecule has 0 aromatic heterocycles. The predicted molar refractivity (Wildman–Crippen MR) is 76.3 cm³/mol. The standard InChI is InChI=1S/C12H16N2O3S2/c13-12(18)9-3-1-5-11(7-9)19(16,17)14-6-2-4-10(14)8-15/h1,3,5,7,10,15H,2,4,6,8H2,(H2,13,18). The molecule has 5 nitrogen and oxygen atoms in total. The molecule has 0 radical (unpaired) electrons. The first-order valence-corrected chi connectivity index (χ1v) is 7.84. The van der Waals surface area contributed by atoms with Crippen LogP contribution in [-0.2, 0) is 10.0 Å². The number of hydrogen-bond acceptors (Lipinski definition) is 4. The van der Waals surface area contributed by atoms with E-state index >= 15 is 0 Å². The molecule has 0 bridgehead atoms. The van der Waals surface area contributed by atoms with Crippen LogP contribution in [0.4, 0.5) is 0 Å². The topological polar surface area (TPSA) is 83.6 Å². The molecule has 0 aliphatic carbocycles. The Morgan fingerprint density at radius 1 is 1.53 bits per heavy atom. The van der Waals surface area contributed by atoms with E-state index in [0.717, 1.165) is 6.42 Å². The van der Waals surface area contributed by atoms with Gasteiger partial charge in [-0.2, -0.15) is 4.31 Å². The fourth-order valence-corrected chi connectivity index (χ4v) is 4.11. The minimum Gasteiger partial charge on any atom is -0.395 e. The van der Waals surface area contributed by atoms with Crippen molar-refractivity contribution in [3.05, 3.63) is 29.8 Å². The van der Waals surface area contributed by atoms with Crippen LogP contribution in [-0.4, -0.2) is 42.0 Å². The first-order valence-electron chi connectivity index (χ1n) is 5.99. The zero-order valence-corrected chi connectivity index (χ0v) is 12.0. The van der Waals surface area contributed by atoms with Crippen LogP contribution in [0, 0.1) is 0 Å². The molecule has 1 aliphatic heterocycles. The fourth-order valence-electron chi connectivity index (χ4n) is 2.25. The van der Waals surface area contributed by atoms with Crippen LogP contribution in [0.2, 0.25) is 0 Å². The summed E-state index contributed by atoms with van der Waals surface area (Å²) in [5.41, 5.74) is 6.04. The van der Waals surface area contributed by atoms with E-state index < -0.39 is 10.0 Å². The minimum atomic E-state index is -3.60. The fraction of sp³-hybridized carbons (Fsp3) is 0.417.